The van der Waals surface area contributed by atoms with Gasteiger partial charge in [0.15, 0.2) is 0 Å². The van der Waals surface area contributed by atoms with Crippen LogP contribution in [-0.2, 0) is 11.3 Å². The number of carboxylic acid groups (broad SMARTS) is 1. The summed E-state index contributed by atoms with van der Waals surface area (Å²) in [5.74, 6) is -0.837. The second kappa shape index (κ2) is 5.41. The molecule has 0 heterocycles. The van der Waals surface area contributed by atoms with E-state index in [2.05, 4.69) is 11.4 Å². The minimum absolute atomic E-state index is 0.527. The first-order valence-corrected chi connectivity index (χ1v) is 6.18. The topological polar surface area (TPSA) is 73.1 Å². The number of benzene rings is 1. The predicted octanol–water partition coefficient (Wildman–Crippen LogP) is 2.54. The van der Waals surface area contributed by atoms with Crippen molar-refractivity contribution < 1.29 is 9.90 Å². The van der Waals surface area contributed by atoms with Crippen molar-refractivity contribution >= 4 is 5.97 Å². The lowest BCUT2D eigenvalue weighted by atomic mass is 9.74. The highest BCUT2D eigenvalue weighted by molar-refractivity contribution is 5.75. The van der Waals surface area contributed by atoms with Crippen molar-refractivity contribution in [1.82, 2.24) is 5.32 Å². The van der Waals surface area contributed by atoms with Gasteiger partial charge in [-0.15, -0.1) is 0 Å². The summed E-state index contributed by atoms with van der Waals surface area (Å²) in [6.45, 7) is 7.67. The van der Waals surface area contributed by atoms with E-state index >= 15 is 0 Å². The fraction of sp³-hybridized carbons (Fsp3) is 0.467. The van der Waals surface area contributed by atoms with Crippen LogP contribution in [0.3, 0.4) is 0 Å². The Labute approximate surface area is 114 Å². The summed E-state index contributed by atoms with van der Waals surface area (Å²) in [6, 6.07) is 9.38. The first kappa shape index (κ1) is 15.2. The number of carboxylic acids is 1. The molecule has 0 aliphatic rings. The lowest BCUT2D eigenvalue weighted by Gasteiger charge is -2.39. The predicted molar refractivity (Wildman–Crippen MR) is 73.5 cm³/mol. The molecule has 2 N–H and O–H groups in total. The van der Waals surface area contributed by atoms with E-state index in [0.717, 1.165) is 5.56 Å². The van der Waals surface area contributed by atoms with Crippen LogP contribution in [0.4, 0.5) is 0 Å². The Morgan fingerprint density at radius 2 is 2.00 bits per heavy atom. The molecule has 102 valence electrons. The standard InChI is InChI=1S/C15H20N2O2/c1-14(2,13(18)19)15(3,4)17-10-12-7-5-6-11(8-12)9-16/h5-8,17H,10H2,1-4H3,(H,18,19). The molecule has 4 heteroatoms. The Morgan fingerprint density at radius 1 is 1.37 bits per heavy atom. The second-order valence-electron chi connectivity index (χ2n) is 5.72. The van der Waals surface area contributed by atoms with Gasteiger partial charge < -0.3 is 10.4 Å². The highest BCUT2D eigenvalue weighted by Gasteiger charge is 2.42. The van der Waals surface area contributed by atoms with Gasteiger partial charge in [0.1, 0.15) is 0 Å². The van der Waals surface area contributed by atoms with Crippen LogP contribution in [0.5, 0.6) is 0 Å². The van der Waals surface area contributed by atoms with Gasteiger partial charge in [-0.2, -0.15) is 5.26 Å². The summed E-state index contributed by atoms with van der Waals surface area (Å²) in [5.41, 5.74) is 0.115. The Hall–Kier alpha value is -1.86. The third-order valence-electron chi connectivity index (χ3n) is 3.89. The van der Waals surface area contributed by atoms with Crippen LogP contribution < -0.4 is 5.32 Å². The van der Waals surface area contributed by atoms with Crippen molar-refractivity contribution in [1.29, 1.82) is 5.26 Å². The molecule has 0 aromatic heterocycles. The molecule has 0 aliphatic heterocycles. The molecule has 0 saturated carbocycles. The Bertz CT molecular complexity index is 513. The third-order valence-corrected chi connectivity index (χ3v) is 3.89. The summed E-state index contributed by atoms with van der Waals surface area (Å²) >= 11 is 0. The van der Waals surface area contributed by atoms with E-state index in [1.807, 2.05) is 26.0 Å². The van der Waals surface area contributed by atoms with Crippen LogP contribution in [0.1, 0.15) is 38.8 Å². The number of hydrogen-bond acceptors (Lipinski definition) is 3. The molecule has 0 spiro atoms. The minimum Gasteiger partial charge on any atom is -0.481 e. The molecule has 1 rings (SSSR count). The Morgan fingerprint density at radius 3 is 2.53 bits per heavy atom. The lowest BCUT2D eigenvalue weighted by molar-refractivity contribution is -0.151. The zero-order valence-electron chi connectivity index (χ0n) is 11.8. The van der Waals surface area contributed by atoms with Gasteiger partial charge in [-0.05, 0) is 45.4 Å². The van der Waals surface area contributed by atoms with Gasteiger partial charge in [0.2, 0.25) is 0 Å². The number of rotatable bonds is 5. The molecule has 0 aliphatic carbocycles. The van der Waals surface area contributed by atoms with Crippen molar-refractivity contribution in [3.05, 3.63) is 35.4 Å². The summed E-state index contributed by atoms with van der Waals surface area (Å²) in [5, 5.41) is 21.4. The normalized spacial score (nSPS) is 11.9. The summed E-state index contributed by atoms with van der Waals surface area (Å²) in [6.07, 6.45) is 0. The largest absolute Gasteiger partial charge is 0.481 e. The summed E-state index contributed by atoms with van der Waals surface area (Å²) in [4.78, 5) is 11.3. The summed E-state index contributed by atoms with van der Waals surface area (Å²) in [7, 11) is 0. The van der Waals surface area contributed by atoms with E-state index in [9.17, 15) is 9.90 Å². The second-order valence-corrected chi connectivity index (χ2v) is 5.72. The third kappa shape index (κ3) is 3.33. The smallest absolute Gasteiger partial charge is 0.310 e. The monoisotopic (exact) mass is 260 g/mol. The van der Waals surface area contributed by atoms with Gasteiger partial charge in [0.25, 0.3) is 0 Å². The van der Waals surface area contributed by atoms with Gasteiger partial charge in [-0.25, -0.2) is 0 Å². The molecule has 0 amide bonds. The Kier molecular flexibility index (Phi) is 4.33. The number of nitriles is 1. The molecule has 19 heavy (non-hydrogen) atoms. The van der Waals surface area contributed by atoms with E-state index in [1.165, 1.54) is 0 Å². The van der Waals surface area contributed by atoms with E-state index < -0.39 is 16.9 Å². The van der Waals surface area contributed by atoms with Crippen molar-refractivity contribution in [3.8, 4) is 6.07 Å². The van der Waals surface area contributed by atoms with Crippen LogP contribution in [0.25, 0.3) is 0 Å². The molecule has 0 unspecified atom stereocenters. The van der Waals surface area contributed by atoms with Gasteiger partial charge >= 0.3 is 5.97 Å². The molecule has 0 saturated heterocycles. The quantitative estimate of drug-likeness (QED) is 0.853. The lowest BCUT2D eigenvalue weighted by Crippen LogP contribution is -2.54. The average molecular weight is 260 g/mol. The highest BCUT2D eigenvalue weighted by atomic mass is 16.4. The highest BCUT2D eigenvalue weighted by Crippen LogP contribution is 2.30. The zero-order valence-corrected chi connectivity index (χ0v) is 11.8. The average Bonchev–Trinajstić information content (AvgIpc) is 2.36. The molecule has 0 radical (unpaired) electrons. The fourth-order valence-corrected chi connectivity index (χ4v) is 1.56. The van der Waals surface area contributed by atoms with Crippen molar-refractivity contribution in [2.75, 3.05) is 0 Å². The molecule has 1 aromatic carbocycles. The van der Waals surface area contributed by atoms with Crippen LogP contribution in [0.2, 0.25) is 0 Å². The number of aliphatic carboxylic acids is 1. The molecule has 1 aromatic rings. The first-order valence-electron chi connectivity index (χ1n) is 6.18. The van der Waals surface area contributed by atoms with E-state index in [1.54, 1.807) is 26.0 Å². The molecule has 0 atom stereocenters. The van der Waals surface area contributed by atoms with Gasteiger partial charge in [-0.1, -0.05) is 12.1 Å². The SMILES string of the molecule is CC(C)(NCc1cccc(C#N)c1)C(C)(C)C(=O)O. The molecule has 0 fully saturated rings. The number of hydrogen-bond donors (Lipinski definition) is 2. The van der Waals surface area contributed by atoms with Gasteiger partial charge in [0, 0.05) is 12.1 Å². The fourth-order valence-electron chi connectivity index (χ4n) is 1.56. The maximum absolute atomic E-state index is 11.3. The van der Waals surface area contributed by atoms with Crippen LogP contribution in [0, 0.1) is 16.7 Å². The number of nitrogens with zero attached hydrogens (tertiary/aromatic N) is 1. The number of nitrogens with one attached hydrogen (secondary N) is 1. The molecular formula is C15H20N2O2. The van der Waals surface area contributed by atoms with Crippen molar-refractivity contribution in [2.24, 2.45) is 5.41 Å². The van der Waals surface area contributed by atoms with Crippen molar-refractivity contribution in [3.63, 3.8) is 0 Å². The van der Waals surface area contributed by atoms with Crippen LogP contribution in [0.15, 0.2) is 24.3 Å². The zero-order chi connectivity index (χ0) is 14.7. The van der Waals surface area contributed by atoms with Gasteiger partial charge in [0.05, 0.1) is 17.0 Å². The molecule has 4 nitrogen and oxygen atoms in total. The maximum atomic E-state index is 11.3. The van der Waals surface area contributed by atoms with Gasteiger partial charge in [-0.3, -0.25) is 4.79 Å². The van der Waals surface area contributed by atoms with Crippen molar-refractivity contribution in [2.45, 2.75) is 39.8 Å². The molecule has 0 bridgehead atoms. The van der Waals surface area contributed by atoms with E-state index in [0.29, 0.717) is 12.1 Å². The van der Waals surface area contributed by atoms with Crippen LogP contribution in [-0.4, -0.2) is 16.6 Å². The molecular weight excluding hydrogens is 240 g/mol. The number of carbonyl (C=O) groups is 1. The van der Waals surface area contributed by atoms with E-state index in [4.69, 9.17) is 5.26 Å². The minimum atomic E-state index is -0.889. The van der Waals surface area contributed by atoms with E-state index in [-0.39, 0.29) is 0 Å². The first-order chi connectivity index (χ1) is 8.70. The summed E-state index contributed by atoms with van der Waals surface area (Å²) < 4.78 is 0. The van der Waals surface area contributed by atoms with Crippen LogP contribution >= 0.6 is 0 Å². The maximum Gasteiger partial charge on any atom is 0.310 e. The Balaban J connectivity index is 2.81.